The van der Waals surface area contributed by atoms with E-state index in [0.717, 1.165) is 47.5 Å². The van der Waals surface area contributed by atoms with Crippen LogP contribution in [0.1, 0.15) is 73.6 Å². The van der Waals surface area contributed by atoms with Crippen molar-refractivity contribution in [1.29, 1.82) is 0 Å². The number of halogens is 6. The second-order valence-electron chi connectivity index (χ2n) is 16.4. The molecule has 2 N–H and O–H groups in total. The molecule has 2 aliphatic rings. The van der Waals surface area contributed by atoms with Crippen LogP contribution >= 0.6 is 23.2 Å². The van der Waals surface area contributed by atoms with Crippen LogP contribution in [-0.4, -0.2) is 28.9 Å². The van der Waals surface area contributed by atoms with Gasteiger partial charge in [0.2, 0.25) is 0 Å². The average molecular weight is 952 g/mol. The third-order valence-corrected chi connectivity index (χ3v) is 18.2. The number of nitrogens with one attached hydrogen (secondary N) is 2. The maximum atomic E-state index is 14.9. The molecule has 336 valence electrons. The molecule has 2 fully saturated rings. The fourth-order valence-electron chi connectivity index (χ4n) is 9.03. The number of hydrogen-bond acceptors (Lipinski definition) is 6. The minimum absolute atomic E-state index is 0.0567. The fourth-order valence-corrected chi connectivity index (χ4v) is 13.6. The lowest BCUT2D eigenvalue weighted by molar-refractivity contribution is 0.301. The van der Waals surface area contributed by atoms with Crippen LogP contribution in [-0.2, 0) is 42.3 Å². The van der Waals surface area contributed by atoms with Gasteiger partial charge in [0.25, 0.3) is 0 Å². The third-order valence-electron chi connectivity index (χ3n) is 12.6. The van der Waals surface area contributed by atoms with Crippen LogP contribution in [0.5, 0.6) is 0 Å². The van der Waals surface area contributed by atoms with E-state index in [-0.39, 0.29) is 58.7 Å². The summed E-state index contributed by atoms with van der Waals surface area (Å²) in [5.74, 6) is -2.73. The van der Waals surface area contributed by atoms with E-state index >= 15 is 0 Å². The second kappa shape index (κ2) is 20.3. The highest BCUT2D eigenvalue weighted by Crippen LogP contribution is 2.49. The monoisotopic (exact) mass is 950 g/mol. The molecule has 0 saturated heterocycles. The molecular formula is C50H48Cl2F4N2O4S2. The summed E-state index contributed by atoms with van der Waals surface area (Å²) in [7, 11) is -8.03. The molecule has 6 aromatic carbocycles. The molecule has 0 heterocycles. The molecule has 6 aromatic rings. The summed E-state index contributed by atoms with van der Waals surface area (Å²) < 4.78 is 110. The highest BCUT2D eigenvalue weighted by Gasteiger charge is 2.51. The molecule has 64 heavy (non-hydrogen) atoms. The summed E-state index contributed by atoms with van der Waals surface area (Å²) in [5, 5.41) is 7.76. The molecule has 0 amide bonds. The minimum atomic E-state index is -4.02. The first kappa shape index (κ1) is 47.4. The minimum Gasteiger partial charge on any atom is -0.310 e. The maximum Gasteiger partial charge on any atom is 0.188 e. The van der Waals surface area contributed by atoms with Crippen molar-refractivity contribution in [3.05, 3.63) is 201 Å². The van der Waals surface area contributed by atoms with Gasteiger partial charge in [-0.2, -0.15) is 0 Å². The Kier molecular flexibility index (Phi) is 15.0. The van der Waals surface area contributed by atoms with E-state index in [2.05, 4.69) is 10.6 Å². The van der Waals surface area contributed by atoms with Gasteiger partial charge in [-0.25, -0.2) is 34.4 Å². The summed E-state index contributed by atoms with van der Waals surface area (Å²) in [6, 6.07) is 37.8. The third kappa shape index (κ3) is 10.3. The highest BCUT2D eigenvalue weighted by molar-refractivity contribution is 7.92. The van der Waals surface area contributed by atoms with Gasteiger partial charge < -0.3 is 10.6 Å². The van der Waals surface area contributed by atoms with Crippen LogP contribution in [0, 0.1) is 23.3 Å². The number of rotatable bonds is 12. The van der Waals surface area contributed by atoms with E-state index in [1.807, 2.05) is 60.7 Å². The van der Waals surface area contributed by atoms with Crippen LogP contribution in [0.2, 0.25) is 10.0 Å². The van der Waals surface area contributed by atoms with Gasteiger partial charge in [-0.1, -0.05) is 83.9 Å². The molecule has 2 aliphatic carbocycles. The summed E-state index contributed by atoms with van der Waals surface area (Å²) in [6.07, 6.45) is 2.83. The number of benzene rings is 6. The van der Waals surface area contributed by atoms with Gasteiger partial charge in [-0.05, 0) is 147 Å². The first-order chi connectivity index (χ1) is 30.6. The topological polar surface area (TPSA) is 92.3 Å². The summed E-state index contributed by atoms with van der Waals surface area (Å²) in [5.41, 5.74) is 2.06. The largest absolute Gasteiger partial charge is 0.310 e. The Balaban J connectivity index is 0.000000191. The van der Waals surface area contributed by atoms with E-state index in [1.165, 1.54) is 48.5 Å². The standard InChI is InChI=1S/2C25H24ClF2NO2S/c2*26-19-6-9-22(10-7-19)32(30,31)25(23-16-20(27)8-11-24(23)28)14-12-21(13-15-25)29-17-18-4-2-1-3-5-18/h2*1-11,16,21,29H,12-15,17H2. The normalized spacial score (nSPS) is 21.4. The van der Waals surface area contributed by atoms with Gasteiger partial charge in [0, 0.05) is 46.3 Å². The van der Waals surface area contributed by atoms with Crippen molar-refractivity contribution in [2.45, 2.75) is 95.8 Å². The van der Waals surface area contributed by atoms with Crippen LogP contribution in [0.4, 0.5) is 17.6 Å². The molecule has 6 nitrogen and oxygen atoms in total. The average Bonchev–Trinajstić information content (AvgIpc) is 3.30. The molecule has 0 radical (unpaired) electrons. The van der Waals surface area contributed by atoms with Crippen LogP contribution < -0.4 is 10.6 Å². The van der Waals surface area contributed by atoms with Crippen LogP contribution in [0.25, 0.3) is 0 Å². The maximum absolute atomic E-state index is 14.9. The van der Waals surface area contributed by atoms with Crippen molar-refractivity contribution in [1.82, 2.24) is 10.6 Å². The zero-order chi connectivity index (χ0) is 45.5. The molecule has 0 aliphatic heterocycles. The van der Waals surface area contributed by atoms with Crippen molar-refractivity contribution in [2.24, 2.45) is 0 Å². The first-order valence-corrected chi connectivity index (χ1v) is 24.8. The summed E-state index contributed by atoms with van der Waals surface area (Å²) >= 11 is 11.9. The van der Waals surface area contributed by atoms with Gasteiger partial charge in [-0.15, -0.1) is 0 Å². The summed E-state index contributed by atoms with van der Waals surface area (Å²) in [6.45, 7) is 1.33. The zero-order valence-electron chi connectivity index (χ0n) is 34.8. The highest BCUT2D eigenvalue weighted by atomic mass is 35.5. The Bertz CT molecular complexity index is 2540. The van der Waals surface area contributed by atoms with E-state index in [0.29, 0.717) is 48.8 Å². The molecular weight excluding hydrogens is 904 g/mol. The molecule has 0 aromatic heterocycles. The quantitative estimate of drug-likeness (QED) is 0.119. The van der Waals surface area contributed by atoms with Crippen molar-refractivity contribution in [2.75, 3.05) is 0 Å². The van der Waals surface area contributed by atoms with Crippen molar-refractivity contribution in [3.63, 3.8) is 0 Å². The van der Waals surface area contributed by atoms with Crippen molar-refractivity contribution < 1.29 is 34.4 Å². The molecule has 8 rings (SSSR count). The van der Waals surface area contributed by atoms with Gasteiger partial charge >= 0.3 is 0 Å². The molecule has 0 unspecified atom stereocenters. The molecule has 2 saturated carbocycles. The lowest BCUT2D eigenvalue weighted by Crippen LogP contribution is -2.44. The first-order valence-electron chi connectivity index (χ1n) is 21.1. The van der Waals surface area contributed by atoms with E-state index in [9.17, 15) is 34.4 Å². The van der Waals surface area contributed by atoms with Crippen LogP contribution in [0.3, 0.4) is 0 Å². The Morgan fingerprint density at radius 1 is 0.469 bits per heavy atom. The zero-order valence-corrected chi connectivity index (χ0v) is 37.9. The predicted molar refractivity (Wildman–Crippen MR) is 244 cm³/mol. The number of hydrogen-bond donors (Lipinski definition) is 2. The Hall–Kier alpha value is -4.56. The number of sulfone groups is 2. The second-order valence-corrected chi connectivity index (χ2v) is 21.8. The Morgan fingerprint density at radius 2 is 0.797 bits per heavy atom. The lowest BCUT2D eigenvalue weighted by Gasteiger charge is -2.40. The Morgan fingerprint density at radius 3 is 1.12 bits per heavy atom. The van der Waals surface area contributed by atoms with E-state index in [4.69, 9.17) is 23.2 Å². The lowest BCUT2D eigenvalue weighted by atomic mass is 9.80. The smallest absolute Gasteiger partial charge is 0.188 e. The van der Waals surface area contributed by atoms with Gasteiger partial charge in [0.05, 0.1) is 9.79 Å². The van der Waals surface area contributed by atoms with Gasteiger partial charge in [0.15, 0.2) is 19.7 Å². The van der Waals surface area contributed by atoms with Crippen molar-refractivity contribution >= 4 is 42.9 Å². The van der Waals surface area contributed by atoms with E-state index in [1.54, 1.807) is 0 Å². The SMILES string of the molecule is O=S(=O)(c1ccc(Cl)cc1)C1(c2cc(F)ccc2F)CCC(NCc2ccccc2)CC1.O=S(=O)(c1ccc(Cl)cc1)C1(c2cc(F)ccc2F)CCC(NCc2ccccc2)CC1. The van der Waals surface area contributed by atoms with E-state index < -0.39 is 52.4 Å². The van der Waals surface area contributed by atoms with Crippen LogP contribution in [0.15, 0.2) is 155 Å². The molecule has 14 heteroatoms. The van der Waals surface area contributed by atoms with Crippen molar-refractivity contribution in [3.8, 4) is 0 Å². The van der Waals surface area contributed by atoms with Gasteiger partial charge in [-0.3, -0.25) is 0 Å². The Labute approximate surface area is 382 Å². The summed E-state index contributed by atoms with van der Waals surface area (Å²) in [4.78, 5) is 0.113. The van der Waals surface area contributed by atoms with Gasteiger partial charge in [0.1, 0.15) is 32.8 Å². The predicted octanol–water partition coefficient (Wildman–Crippen LogP) is 12.0. The molecule has 0 atom stereocenters. The molecule has 0 spiro atoms. The fraction of sp³-hybridized carbons (Fsp3) is 0.280. The molecule has 0 bridgehead atoms.